The van der Waals surface area contributed by atoms with Gasteiger partial charge in [0.1, 0.15) is 5.82 Å². The maximum atomic E-state index is 12.7. The third-order valence-corrected chi connectivity index (χ3v) is 2.95. The zero-order chi connectivity index (χ0) is 12.6. The number of halogens is 4. The van der Waals surface area contributed by atoms with Gasteiger partial charge in [-0.15, -0.1) is 0 Å². The second-order valence-corrected chi connectivity index (χ2v) is 4.40. The summed E-state index contributed by atoms with van der Waals surface area (Å²) in [7, 11) is 0. The van der Waals surface area contributed by atoms with Gasteiger partial charge in [0.15, 0.2) is 0 Å². The molecule has 6 heteroatoms. The van der Waals surface area contributed by atoms with E-state index in [-0.39, 0.29) is 23.6 Å². The number of amides is 1. The number of nitrogens with one attached hydrogen (secondary N) is 1. The molecule has 0 spiro atoms. The number of alkyl halides is 2. The Kier molecular flexibility index (Phi) is 3.03. The van der Waals surface area contributed by atoms with Crippen LogP contribution in [0, 0.1) is 11.7 Å². The first-order valence-corrected chi connectivity index (χ1v) is 5.39. The predicted octanol–water partition coefficient (Wildman–Crippen LogP) is 2.86. The number of benzene rings is 1. The van der Waals surface area contributed by atoms with E-state index in [1.807, 2.05) is 0 Å². The van der Waals surface area contributed by atoms with Crippen molar-refractivity contribution in [2.45, 2.75) is 12.3 Å². The van der Waals surface area contributed by atoms with Crippen LogP contribution in [0.1, 0.15) is 16.8 Å². The lowest BCUT2D eigenvalue weighted by Gasteiger charge is -2.06. The van der Waals surface area contributed by atoms with Crippen LogP contribution in [-0.2, 0) is 0 Å². The maximum absolute atomic E-state index is 12.7. The average Bonchev–Trinajstić information content (AvgIpc) is 2.83. The molecule has 1 N–H and O–H groups in total. The van der Waals surface area contributed by atoms with Gasteiger partial charge < -0.3 is 5.32 Å². The summed E-state index contributed by atoms with van der Waals surface area (Å²) in [5.74, 6) is -4.59. The molecular formula is C11H9ClF3NO. The monoisotopic (exact) mass is 263 g/mol. The summed E-state index contributed by atoms with van der Waals surface area (Å²) in [4.78, 5) is 11.6. The van der Waals surface area contributed by atoms with Crippen molar-refractivity contribution in [2.75, 3.05) is 6.54 Å². The van der Waals surface area contributed by atoms with Crippen LogP contribution in [-0.4, -0.2) is 18.4 Å². The first kappa shape index (κ1) is 12.2. The molecule has 0 aromatic heterocycles. The van der Waals surface area contributed by atoms with Crippen molar-refractivity contribution in [1.82, 2.24) is 5.32 Å². The highest BCUT2D eigenvalue weighted by molar-refractivity contribution is 6.33. The Morgan fingerprint density at radius 2 is 2.18 bits per heavy atom. The highest BCUT2D eigenvalue weighted by Crippen LogP contribution is 2.47. The molecule has 0 radical (unpaired) electrons. The molecule has 1 aromatic carbocycles. The van der Waals surface area contributed by atoms with Gasteiger partial charge in [0.2, 0.25) is 0 Å². The second kappa shape index (κ2) is 4.22. The highest BCUT2D eigenvalue weighted by Gasteiger charge is 2.56. The van der Waals surface area contributed by atoms with Gasteiger partial charge in [-0.3, -0.25) is 4.79 Å². The van der Waals surface area contributed by atoms with Crippen LogP contribution < -0.4 is 5.32 Å². The summed E-state index contributed by atoms with van der Waals surface area (Å²) >= 11 is 5.66. The summed E-state index contributed by atoms with van der Waals surface area (Å²) in [5, 5.41) is 2.31. The quantitative estimate of drug-likeness (QED) is 0.893. The Bertz CT molecular complexity index is 464. The van der Waals surface area contributed by atoms with E-state index in [9.17, 15) is 18.0 Å². The van der Waals surface area contributed by atoms with Crippen molar-refractivity contribution in [2.24, 2.45) is 5.92 Å². The topological polar surface area (TPSA) is 29.1 Å². The zero-order valence-electron chi connectivity index (χ0n) is 8.64. The molecule has 92 valence electrons. The van der Waals surface area contributed by atoms with E-state index in [2.05, 4.69) is 5.32 Å². The Morgan fingerprint density at radius 3 is 2.71 bits per heavy atom. The van der Waals surface area contributed by atoms with Crippen molar-refractivity contribution in [3.05, 3.63) is 34.6 Å². The van der Waals surface area contributed by atoms with Crippen LogP contribution >= 0.6 is 11.6 Å². The SMILES string of the molecule is O=C(NCC1CC1(F)F)c1ccc(F)cc1Cl. The number of hydrogen-bond donors (Lipinski definition) is 1. The van der Waals surface area contributed by atoms with Crippen molar-refractivity contribution < 1.29 is 18.0 Å². The lowest BCUT2D eigenvalue weighted by molar-refractivity contribution is 0.0895. The van der Waals surface area contributed by atoms with Gasteiger partial charge in [0.25, 0.3) is 11.8 Å². The van der Waals surface area contributed by atoms with E-state index in [4.69, 9.17) is 11.6 Å². The fourth-order valence-corrected chi connectivity index (χ4v) is 1.73. The Hall–Kier alpha value is -1.23. The second-order valence-electron chi connectivity index (χ2n) is 4.00. The molecule has 0 aliphatic heterocycles. The van der Waals surface area contributed by atoms with Crippen LogP contribution in [0.2, 0.25) is 5.02 Å². The van der Waals surface area contributed by atoms with E-state index in [1.165, 1.54) is 6.07 Å². The summed E-state index contributed by atoms with van der Waals surface area (Å²) in [6, 6.07) is 3.31. The molecule has 1 amide bonds. The van der Waals surface area contributed by atoms with Gasteiger partial charge in [-0.2, -0.15) is 0 Å². The van der Waals surface area contributed by atoms with Gasteiger partial charge in [-0.05, 0) is 18.2 Å². The summed E-state index contributed by atoms with van der Waals surface area (Å²) in [5.41, 5.74) is 0.0806. The molecule has 0 saturated heterocycles. The van der Waals surface area contributed by atoms with Gasteiger partial charge >= 0.3 is 0 Å². The first-order chi connectivity index (χ1) is 7.90. The smallest absolute Gasteiger partial charge is 0.253 e. The fourth-order valence-electron chi connectivity index (χ4n) is 1.48. The van der Waals surface area contributed by atoms with Gasteiger partial charge in [-0.25, -0.2) is 13.2 Å². The molecular weight excluding hydrogens is 255 g/mol. The van der Waals surface area contributed by atoms with Crippen molar-refractivity contribution in [3.8, 4) is 0 Å². The zero-order valence-corrected chi connectivity index (χ0v) is 9.40. The Morgan fingerprint density at radius 1 is 1.53 bits per heavy atom. The molecule has 0 heterocycles. The van der Waals surface area contributed by atoms with E-state index in [0.29, 0.717) is 0 Å². The standard InChI is InChI=1S/C11H9ClF3NO/c12-9-3-7(13)1-2-8(9)10(17)16-5-6-4-11(6,14)15/h1-3,6H,4-5H2,(H,16,17). The van der Waals surface area contributed by atoms with Crippen molar-refractivity contribution in [1.29, 1.82) is 0 Å². The molecule has 1 aliphatic rings. The van der Waals surface area contributed by atoms with Crippen molar-refractivity contribution in [3.63, 3.8) is 0 Å². The molecule has 1 fully saturated rings. The molecule has 1 aliphatic carbocycles. The molecule has 1 saturated carbocycles. The van der Waals surface area contributed by atoms with E-state index < -0.39 is 23.6 Å². The number of carbonyl (C=O) groups excluding carboxylic acids is 1. The van der Waals surface area contributed by atoms with Gasteiger partial charge in [0, 0.05) is 18.9 Å². The summed E-state index contributed by atoms with van der Waals surface area (Å²) < 4.78 is 37.8. The highest BCUT2D eigenvalue weighted by atomic mass is 35.5. The minimum Gasteiger partial charge on any atom is -0.351 e. The molecule has 0 bridgehead atoms. The lowest BCUT2D eigenvalue weighted by atomic mass is 10.2. The normalized spacial score (nSPS) is 21.1. The largest absolute Gasteiger partial charge is 0.351 e. The Labute approximate surface area is 101 Å². The van der Waals surface area contributed by atoms with Gasteiger partial charge in [0.05, 0.1) is 10.6 Å². The minimum absolute atomic E-state index is 0.0370. The van der Waals surface area contributed by atoms with Crippen LogP contribution in [0.3, 0.4) is 0 Å². The molecule has 2 nitrogen and oxygen atoms in total. The van der Waals surface area contributed by atoms with E-state index in [1.54, 1.807) is 0 Å². The maximum Gasteiger partial charge on any atom is 0.253 e. The van der Waals surface area contributed by atoms with Crippen molar-refractivity contribution >= 4 is 17.5 Å². The molecule has 1 aromatic rings. The number of rotatable bonds is 3. The van der Waals surface area contributed by atoms with Gasteiger partial charge in [-0.1, -0.05) is 11.6 Å². The lowest BCUT2D eigenvalue weighted by Crippen LogP contribution is -2.27. The van der Waals surface area contributed by atoms with Crippen LogP contribution in [0.5, 0.6) is 0 Å². The molecule has 1 atom stereocenters. The number of hydrogen-bond acceptors (Lipinski definition) is 1. The Balaban J connectivity index is 1.96. The van der Waals surface area contributed by atoms with E-state index in [0.717, 1.165) is 12.1 Å². The summed E-state index contributed by atoms with van der Waals surface area (Å²) in [6.07, 6.45) is -0.204. The predicted molar refractivity (Wildman–Crippen MR) is 56.8 cm³/mol. The van der Waals surface area contributed by atoms with Crippen LogP contribution in [0.25, 0.3) is 0 Å². The summed E-state index contributed by atoms with van der Waals surface area (Å²) in [6.45, 7) is -0.0977. The average molecular weight is 264 g/mol. The van der Waals surface area contributed by atoms with Crippen LogP contribution in [0.15, 0.2) is 18.2 Å². The third kappa shape index (κ3) is 2.72. The molecule has 2 rings (SSSR count). The first-order valence-electron chi connectivity index (χ1n) is 5.01. The molecule has 1 unspecified atom stereocenters. The van der Waals surface area contributed by atoms with E-state index >= 15 is 0 Å². The number of carbonyl (C=O) groups is 1. The minimum atomic E-state index is -2.67. The third-order valence-electron chi connectivity index (χ3n) is 2.64. The fraction of sp³-hybridized carbons (Fsp3) is 0.364. The van der Waals surface area contributed by atoms with Crippen LogP contribution in [0.4, 0.5) is 13.2 Å². The molecule has 17 heavy (non-hydrogen) atoms.